The average molecular weight is 295 g/mol. The van der Waals surface area contributed by atoms with Crippen molar-refractivity contribution in [1.82, 2.24) is 4.48 Å². The summed E-state index contributed by atoms with van der Waals surface area (Å²) < 4.78 is 0.184. The predicted molar refractivity (Wildman–Crippen MR) is 86.5 cm³/mol. The van der Waals surface area contributed by atoms with Crippen LogP contribution in [0.15, 0.2) is 54.6 Å². The van der Waals surface area contributed by atoms with Gasteiger partial charge in [0.2, 0.25) is 0 Å². The van der Waals surface area contributed by atoms with E-state index in [1.54, 1.807) is 12.1 Å². The molecule has 0 atom stereocenters. The van der Waals surface area contributed by atoms with Crippen molar-refractivity contribution in [3.63, 3.8) is 0 Å². The number of para-hydroxylation sites is 1. The molecule has 4 heteroatoms. The van der Waals surface area contributed by atoms with Gasteiger partial charge in [0.15, 0.2) is 5.69 Å². The number of benzene rings is 2. The number of carbonyl (C=O) groups is 2. The maximum Gasteiger partial charge on any atom is 0.350 e. The number of amides is 2. The van der Waals surface area contributed by atoms with E-state index < -0.39 is 5.91 Å². The van der Waals surface area contributed by atoms with E-state index >= 15 is 0 Å². The molecule has 2 aromatic rings. The zero-order chi connectivity index (χ0) is 15.6. The van der Waals surface area contributed by atoms with Crippen LogP contribution in [0.25, 0.3) is 0 Å². The fourth-order valence-electron chi connectivity index (χ4n) is 3.31. The van der Waals surface area contributed by atoms with Crippen molar-refractivity contribution in [3.05, 3.63) is 65.7 Å². The molecule has 0 aliphatic carbocycles. The number of quaternary nitrogens is 1. The van der Waals surface area contributed by atoms with E-state index in [1.165, 1.54) is 0 Å². The Morgan fingerprint density at radius 1 is 0.864 bits per heavy atom. The summed E-state index contributed by atoms with van der Waals surface area (Å²) in [7, 11) is 0. The fourth-order valence-corrected chi connectivity index (χ4v) is 3.31. The SMILES string of the molecule is NC(=O)c1ccccc1[N+]1(C(=O)c2ccccc2)CCCC1. The van der Waals surface area contributed by atoms with Crippen LogP contribution >= 0.6 is 0 Å². The molecule has 2 aromatic carbocycles. The highest BCUT2D eigenvalue weighted by Crippen LogP contribution is 2.34. The monoisotopic (exact) mass is 295 g/mol. The topological polar surface area (TPSA) is 60.2 Å². The molecule has 1 fully saturated rings. The van der Waals surface area contributed by atoms with Crippen molar-refractivity contribution >= 4 is 17.5 Å². The first-order valence-corrected chi connectivity index (χ1v) is 7.51. The van der Waals surface area contributed by atoms with Crippen LogP contribution in [-0.4, -0.2) is 24.9 Å². The maximum atomic E-state index is 13.2. The first-order chi connectivity index (χ1) is 10.6. The van der Waals surface area contributed by atoms with Gasteiger partial charge in [-0.1, -0.05) is 30.3 Å². The van der Waals surface area contributed by atoms with E-state index in [1.807, 2.05) is 42.5 Å². The highest BCUT2D eigenvalue weighted by Gasteiger charge is 2.44. The van der Waals surface area contributed by atoms with Gasteiger partial charge in [0.05, 0.1) is 18.7 Å². The van der Waals surface area contributed by atoms with E-state index in [9.17, 15) is 9.59 Å². The molecule has 22 heavy (non-hydrogen) atoms. The minimum atomic E-state index is -0.485. The molecule has 112 valence electrons. The second-order valence-electron chi connectivity index (χ2n) is 5.67. The molecule has 1 aliphatic rings. The van der Waals surface area contributed by atoms with E-state index in [-0.39, 0.29) is 10.4 Å². The van der Waals surface area contributed by atoms with Crippen LogP contribution in [0.2, 0.25) is 0 Å². The number of nitrogens with zero attached hydrogens (tertiary/aromatic N) is 1. The van der Waals surface area contributed by atoms with Crippen molar-refractivity contribution in [1.29, 1.82) is 0 Å². The Morgan fingerprint density at radius 3 is 2.09 bits per heavy atom. The standard InChI is InChI=1S/C18H18N2O2/c19-17(21)15-10-4-5-11-16(15)20(12-6-7-13-20)18(22)14-8-2-1-3-9-14/h1-5,8-11H,6-7,12-13H2,(H-,19,21)/p+1. The predicted octanol–water partition coefficient (Wildman–Crippen LogP) is 2.73. The van der Waals surface area contributed by atoms with Crippen LogP contribution in [-0.2, 0) is 0 Å². The highest BCUT2D eigenvalue weighted by atomic mass is 16.2. The van der Waals surface area contributed by atoms with Crippen molar-refractivity contribution in [2.75, 3.05) is 13.1 Å². The molecule has 1 saturated heterocycles. The van der Waals surface area contributed by atoms with E-state index in [4.69, 9.17) is 5.73 Å². The Labute approximate surface area is 129 Å². The zero-order valence-corrected chi connectivity index (χ0v) is 12.4. The van der Waals surface area contributed by atoms with Gasteiger partial charge < -0.3 is 5.73 Å². The Morgan fingerprint density at radius 2 is 1.45 bits per heavy atom. The molecule has 2 N–H and O–H groups in total. The van der Waals surface area contributed by atoms with Crippen LogP contribution in [0.1, 0.15) is 33.6 Å². The zero-order valence-electron chi connectivity index (χ0n) is 12.4. The summed E-state index contributed by atoms with van der Waals surface area (Å²) in [6, 6.07) is 16.5. The average Bonchev–Trinajstić information content (AvgIpc) is 3.06. The lowest BCUT2D eigenvalue weighted by atomic mass is 10.1. The molecule has 2 amide bonds. The molecule has 0 bridgehead atoms. The van der Waals surface area contributed by atoms with Crippen LogP contribution in [0, 0.1) is 0 Å². The highest BCUT2D eigenvalue weighted by molar-refractivity contribution is 6.07. The minimum absolute atomic E-state index is 0.0341. The van der Waals surface area contributed by atoms with Crippen LogP contribution in [0.3, 0.4) is 0 Å². The summed E-state index contributed by atoms with van der Waals surface area (Å²) in [6.45, 7) is 1.41. The van der Waals surface area contributed by atoms with Crippen molar-refractivity contribution < 1.29 is 9.59 Å². The van der Waals surface area contributed by atoms with Gasteiger partial charge >= 0.3 is 5.91 Å². The molecule has 0 unspecified atom stereocenters. The minimum Gasteiger partial charge on any atom is -0.365 e. The summed E-state index contributed by atoms with van der Waals surface area (Å²) in [4.78, 5) is 24.9. The second-order valence-corrected chi connectivity index (χ2v) is 5.67. The Balaban J connectivity index is 2.14. The lowest BCUT2D eigenvalue weighted by molar-refractivity contribution is 0.0796. The molecular formula is C18H19N2O2+. The van der Waals surface area contributed by atoms with E-state index in [0.717, 1.165) is 18.5 Å². The molecule has 1 aliphatic heterocycles. The van der Waals surface area contributed by atoms with Crippen LogP contribution < -0.4 is 10.2 Å². The van der Waals surface area contributed by atoms with Crippen LogP contribution in [0.5, 0.6) is 0 Å². The van der Waals surface area contributed by atoms with Crippen molar-refractivity contribution in [2.45, 2.75) is 12.8 Å². The Kier molecular flexibility index (Phi) is 3.77. The third-order valence-corrected chi connectivity index (χ3v) is 4.37. The summed E-state index contributed by atoms with van der Waals surface area (Å²) in [5.41, 5.74) is 7.35. The lowest BCUT2D eigenvalue weighted by Crippen LogP contribution is -2.52. The van der Waals surface area contributed by atoms with Crippen LogP contribution in [0.4, 0.5) is 5.69 Å². The number of carbonyl (C=O) groups excluding carboxylic acids is 2. The Hall–Kier alpha value is -2.46. The lowest BCUT2D eigenvalue weighted by Gasteiger charge is -2.32. The number of hydrogen-bond donors (Lipinski definition) is 1. The molecule has 4 nitrogen and oxygen atoms in total. The summed E-state index contributed by atoms with van der Waals surface area (Å²) >= 11 is 0. The molecule has 0 radical (unpaired) electrons. The largest absolute Gasteiger partial charge is 0.365 e. The third kappa shape index (κ3) is 2.31. The summed E-state index contributed by atoms with van der Waals surface area (Å²) in [5.74, 6) is -0.451. The van der Waals surface area contributed by atoms with Gasteiger partial charge in [-0.2, -0.15) is 0 Å². The molecule has 0 saturated carbocycles. The first-order valence-electron chi connectivity index (χ1n) is 7.51. The number of primary amides is 1. The van der Waals surface area contributed by atoms with Gasteiger partial charge in [-0.3, -0.25) is 4.79 Å². The number of hydrogen-bond acceptors (Lipinski definition) is 2. The molecule has 1 heterocycles. The van der Waals surface area contributed by atoms with E-state index in [2.05, 4.69) is 0 Å². The smallest absolute Gasteiger partial charge is 0.350 e. The van der Waals surface area contributed by atoms with Gasteiger partial charge in [-0.25, -0.2) is 9.28 Å². The third-order valence-electron chi connectivity index (χ3n) is 4.37. The molecular weight excluding hydrogens is 276 g/mol. The summed E-state index contributed by atoms with van der Waals surface area (Å²) in [5, 5.41) is 0. The van der Waals surface area contributed by atoms with E-state index in [0.29, 0.717) is 24.2 Å². The molecule has 3 rings (SSSR count). The first kappa shape index (κ1) is 14.5. The quantitative estimate of drug-likeness (QED) is 0.885. The summed E-state index contributed by atoms with van der Waals surface area (Å²) in [6.07, 6.45) is 1.93. The van der Waals surface area contributed by atoms with Crippen molar-refractivity contribution in [3.8, 4) is 0 Å². The maximum absolute atomic E-state index is 13.2. The molecule has 0 spiro atoms. The number of likely N-dealkylation sites (tertiary alicyclic amines) is 1. The van der Waals surface area contributed by atoms with Gasteiger partial charge in [-0.05, 0) is 18.2 Å². The van der Waals surface area contributed by atoms with Gasteiger partial charge in [0.1, 0.15) is 5.56 Å². The van der Waals surface area contributed by atoms with Gasteiger partial charge in [0.25, 0.3) is 5.91 Å². The molecule has 0 aromatic heterocycles. The fraction of sp³-hybridized carbons (Fsp3) is 0.222. The second kappa shape index (κ2) is 5.73. The normalized spacial score (nSPS) is 16.4. The van der Waals surface area contributed by atoms with Gasteiger partial charge in [-0.15, -0.1) is 0 Å². The number of nitrogens with two attached hydrogens (primary N) is 1. The Bertz CT molecular complexity index is 704. The van der Waals surface area contributed by atoms with Crippen molar-refractivity contribution in [2.24, 2.45) is 5.73 Å². The van der Waals surface area contributed by atoms with Gasteiger partial charge in [0, 0.05) is 18.9 Å². The number of rotatable bonds is 3.